The molecule has 13 heteroatoms. The van der Waals surface area contributed by atoms with E-state index in [1.807, 2.05) is 0 Å². The Labute approximate surface area is 234 Å². The molecule has 0 aliphatic heterocycles. The van der Waals surface area contributed by atoms with Crippen LogP contribution in [0.1, 0.15) is 35.6 Å². The molecule has 40 heavy (non-hydrogen) atoms. The number of sulfone groups is 1. The second kappa shape index (κ2) is 9.28. The van der Waals surface area contributed by atoms with E-state index in [-0.39, 0.29) is 39.3 Å². The smallest absolute Gasteiger partial charge is 0.433 e. The van der Waals surface area contributed by atoms with E-state index in [0.29, 0.717) is 26.0 Å². The molecule has 0 spiro atoms. The predicted molar refractivity (Wildman–Crippen MR) is 147 cm³/mol. The van der Waals surface area contributed by atoms with Gasteiger partial charge in [0.15, 0.2) is 15.6 Å². The number of pyridine rings is 1. The molecule has 0 amide bonds. The van der Waals surface area contributed by atoms with Gasteiger partial charge < -0.3 is 5.11 Å². The molecule has 5 aromatic rings. The Morgan fingerprint density at radius 2 is 1.90 bits per heavy atom. The third-order valence-electron chi connectivity index (χ3n) is 6.85. The molecule has 1 aliphatic carbocycles. The summed E-state index contributed by atoms with van der Waals surface area (Å²) in [6, 6.07) is 9.84. The number of phenols is 1. The van der Waals surface area contributed by atoms with Gasteiger partial charge in [-0.3, -0.25) is 14.3 Å². The van der Waals surface area contributed by atoms with Crippen LogP contribution in [0.4, 0.5) is 13.2 Å². The van der Waals surface area contributed by atoms with Gasteiger partial charge in [0.2, 0.25) is 0 Å². The molecule has 206 valence electrons. The fourth-order valence-corrected chi connectivity index (χ4v) is 6.69. The molecule has 0 atom stereocenters. The summed E-state index contributed by atoms with van der Waals surface area (Å²) in [7, 11) is -3.50. The van der Waals surface area contributed by atoms with E-state index in [9.17, 15) is 31.5 Å². The summed E-state index contributed by atoms with van der Waals surface area (Å²) >= 11 is 7.19. The highest BCUT2D eigenvalue weighted by atomic mass is 35.5. The Bertz CT molecular complexity index is 2000. The summed E-state index contributed by atoms with van der Waals surface area (Å²) in [6.07, 6.45) is -0.754. The summed E-state index contributed by atoms with van der Waals surface area (Å²) in [6.45, 7) is -0.142. The fraction of sp³-hybridized carbons (Fsp3) is 0.222. The van der Waals surface area contributed by atoms with E-state index in [0.717, 1.165) is 48.3 Å². The Kier molecular flexibility index (Phi) is 6.20. The number of hydrogen-bond donors (Lipinski definition) is 1. The Morgan fingerprint density at radius 3 is 2.52 bits per heavy atom. The van der Waals surface area contributed by atoms with Crippen LogP contribution in [-0.2, 0) is 22.6 Å². The number of thiophene rings is 1. The van der Waals surface area contributed by atoms with Crippen LogP contribution >= 0.6 is 22.9 Å². The van der Waals surface area contributed by atoms with Gasteiger partial charge in [-0.05, 0) is 60.2 Å². The van der Waals surface area contributed by atoms with Crippen molar-refractivity contribution >= 4 is 53.1 Å². The van der Waals surface area contributed by atoms with Crippen molar-refractivity contribution in [3.05, 3.63) is 80.9 Å². The SMILES string of the molecule is CS(=O)(=O)c1ccc(-c2nc3sc4c(O)c(Cl)ccc4c3c(=O)n2Cc2ccc(C(F)(F)F)nc2)c(C2CC2)c1. The number of benzene rings is 2. The van der Waals surface area contributed by atoms with Crippen LogP contribution in [0.2, 0.25) is 5.02 Å². The highest BCUT2D eigenvalue weighted by molar-refractivity contribution is 7.90. The quantitative estimate of drug-likeness (QED) is 0.249. The highest BCUT2D eigenvalue weighted by Crippen LogP contribution is 2.46. The van der Waals surface area contributed by atoms with Crippen LogP contribution in [-0.4, -0.2) is 34.3 Å². The first-order valence-corrected chi connectivity index (χ1v) is 15.1. The average molecular weight is 606 g/mol. The van der Waals surface area contributed by atoms with Crippen LogP contribution in [0.25, 0.3) is 31.7 Å². The molecule has 7 nitrogen and oxygen atoms in total. The number of aromatic hydroxyl groups is 1. The number of phenolic OH excluding ortho intramolecular Hbond substituents is 1. The zero-order chi connectivity index (χ0) is 28.6. The van der Waals surface area contributed by atoms with Gasteiger partial charge in [0.05, 0.1) is 26.5 Å². The van der Waals surface area contributed by atoms with Gasteiger partial charge in [0, 0.05) is 23.4 Å². The first-order chi connectivity index (χ1) is 18.8. The second-order valence-corrected chi connectivity index (χ2v) is 13.1. The van der Waals surface area contributed by atoms with Gasteiger partial charge in [-0.25, -0.2) is 13.4 Å². The minimum Gasteiger partial charge on any atom is -0.505 e. The van der Waals surface area contributed by atoms with Gasteiger partial charge in [-0.15, -0.1) is 11.3 Å². The van der Waals surface area contributed by atoms with Crippen molar-refractivity contribution in [2.45, 2.75) is 36.4 Å². The van der Waals surface area contributed by atoms with Crippen molar-refractivity contribution in [3.63, 3.8) is 0 Å². The number of halogens is 4. The van der Waals surface area contributed by atoms with Crippen LogP contribution in [0.15, 0.2) is 58.4 Å². The molecule has 0 unspecified atom stereocenters. The standard InChI is InChI=1S/C27H19ClF3N3O4S2/c1-40(37,38)15-5-6-16(18(10-15)14-3-4-14)24-33-25-21(17-7-8-19(28)22(35)23(17)39-25)26(36)34(24)12-13-2-9-20(32-11-13)27(29,30)31/h2,5-11,14,35H,3-4,12H2,1H3. The Morgan fingerprint density at radius 1 is 1.15 bits per heavy atom. The first-order valence-electron chi connectivity index (χ1n) is 12.0. The molecule has 3 heterocycles. The summed E-state index contributed by atoms with van der Waals surface area (Å²) in [5.41, 5.74) is 0.0837. The molecule has 1 N–H and O–H groups in total. The zero-order valence-electron chi connectivity index (χ0n) is 20.7. The van der Waals surface area contributed by atoms with Gasteiger partial charge in [0.25, 0.3) is 5.56 Å². The maximum atomic E-state index is 14.1. The minimum atomic E-state index is -4.61. The summed E-state index contributed by atoms with van der Waals surface area (Å²) in [5, 5.41) is 11.3. The van der Waals surface area contributed by atoms with E-state index in [1.165, 1.54) is 22.8 Å². The number of fused-ring (bicyclic) bond motifs is 3. The molecule has 1 aliphatic rings. The number of aromatic nitrogens is 3. The van der Waals surface area contributed by atoms with Crippen molar-refractivity contribution in [1.29, 1.82) is 0 Å². The molecule has 0 radical (unpaired) electrons. The van der Waals surface area contributed by atoms with Crippen LogP contribution in [0.3, 0.4) is 0 Å². The summed E-state index contributed by atoms with van der Waals surface area (Å²) in [4.78, 5) is 22.9. The lowest BCUT2D eigenvalue weighted by Crippen LogP contribution is -2.24. The number of hydrogen-bond acceptors (Lipinski definition) is 7. The number of alkyl halides is 3. The maximum absolute atomic E-state index is 14.1. The highest BCUT2D eigenvalue weighted by Gasteiger charge is 2.33. The molecule has 2 aromatic carbocycles. The van der Waals surface area contributed by atoms with Gasteiger partial charge >= 0.3 is 6.18 Å². The molecule has 1 fully saturated rings. The largest absolute Gasteiger partial charge is 0.505 e. The lowest BCUT2D eigenvalue weighted by Gasteiger charge is -2.17. The van der Waals surface area contributed by atoms with Crippen LogP contribution < -0.4 is 5.56 Å². The molecule has 3 aromatic heterocycles. The lowest BCUT2D eigenvalue weighted by molar-refractivity contribution is -0.141. The predicted octanol–water partition coefficient (Wildman–Crippen LogP) is 6.38. The lowest BCUT2D eigenvalue weighted by atomic mass is 10.0. The van der Waals surface area contributed by atoms with Crippen molar-refractivity contribution in [2.24, 2.45) is 0 Å². The number of rotatable bonds is 5. The van der Waals surface area contributed by atoms with Gasteiger partial charge in [0.1, 0.15) is 16.3 Å². The minimum absolute atomic E-state index is 0.0794. The molecular weight excluding hydrogens is 587 g/mol. The van der Waals surface area contributed by atoms with Crippen molar-refractivity contribution in [1.82, 2.24) is 14.5 Å². The summed E-state index contributed by atoms with van der Waals surface area (Å²) in [5.74, 6) is 0.130. The second-order valence-electron chi connectivity index (χ2n) is 9.73. The molecule has 1 saturated carbocycles. The van der Waals surface area contributed by atoms with E-state index in [2.05, 4.69) is 4.98 Å². The third-order valence-corrected chi connectivity index (χ3v) is 9.37. The maximum Gasteiger partial charge on any atom is 0.433 e. The Balaban J connectivity index is 1.62. The van der Waals surface area contributed by atoms with E-state index < -0.39 is 27.3 Å². The van der Waals surface area contributed by atoms with E-state index >= 15 is 0 Å². The first kappa shape index (κ1) is 26.7. The molecule has 6 rings (SSSR count). The van der Waals surface area contributed by atoms with Crippen molar-refractivity contribution in [2.75, 3.05) is 6.26 Å². The Hall–Kier alpha value is -3.48. The molecule has 0 bridgehead atoms. The van der Waals surface area contributed by atoms with Crippen molar-refractivity contribution in [3.8, 4) is 17.1 Å². The monoisotopic (exact) mass is 605 g/mol. The number of nitrogens with zero attached hydrogens (tertiary/aromatic N) is 3. The topological polar surface area (TPSA) is 102 Å². The normalized spacial score (nSPS) is 14.3. The third kappa shape index (κ3) is 4.63. The summed E-state index contributed by atoms with van der Waals surface area (Å²) < 4.78 is 65.6. The van der Waals surface area contributed by atoms with E-state index in [4.69, 9.17) is 16.6 Å². The van der Waals surface area contributed by atoms with Crippen LogP contribution in [0.5, 0.6) is 5.75 Å². The van der Waals surface area contributed by atoms with Gasteiger partial charge in [-0.2, -0.15) is 13.2 Å². The van der Waals surface area contributed by atoms with Gasteiger partial charge in [-0.1, -0.05) is 23.7 Å². The molecule has 0 saturated heterocycles. The van der Waals surface area contributed by atoms with Crippen LogP contribution in [0, 0.1) is 0 Å². The zero-order valence-corrected chi connectivity index (χ0v) is 23.0. The van der Waals surface area contributed by atoms with Crippen molar-refractivity contribution < 1.29 is 26.7 Å². The molecular formula is C27H19ClF3N3O4S2. The van der Waals surface area contributed by atoms with E-state index in [1.54, 1.807) is 18.2 Å². The average Bonchev–Trinajstić information content (AvgIpc) is 3.67. The fourth-order valence-electron chi connectivity index (χ4n) is 4.71.